The highest BCUT2D eigenvalue weighted by molar-refractivity contribution is 6.04. The molecule has 1 aromatic carbocycles. The van der Waals surface area contributed by atoms with Crippen LogP contribution in [0.25, 0.3) is 0 Å². The molecule has 0 aromatic heterocycles. The van der Waals surface area contributed by atoms with Crippen LogP contribution < -0.4 is 10.1 Å². The Hall–Kier alpha value is -2.83. The maximum atomic E-state index is 12.7. The molecule has 0 spiro atoms. The molecular formula is C20H28N2O5. The van der Waals surface area contributed by atoms with Crippen LogP contribution in [0, 0.1) is 0 Å². The molecule has 0 saturated heterocycles. The Bertz CT molecular complexity index is 653. The zero-order valence-electron chi connectivity index (χ0n) is 16.4. The number of esters is 1. The Morgan fingerprint density at radius 3 is 2.26 bits per heavy atom. The van der Waals surface area contributed by atoms with Crippen LogP contribution >= 0.6 is 0 Å². The van der Waals surface area contributed by atoms with E-state index in [1.807, 2.05) is 13.8 Å². The first-order valence-electron chi connectivity index (χ1n) is 8.92. The number of hydrogen-bond donors (Lipinski definition) is 1. The van der Waals surface area contributed by atoms with Crippen molar-refractivity contribution in [1.82, 2.24) is 10.2 Å². The predicted molar refractivity (Wildman–Crippen MR) is 103 cm³/mol. The number of urea groups is 1. The highest BCUT2D eigenvalue weighted by atomic mass is 16.5. The quantitative estimate of drug-likeness (QED) is 0.406. The number of ether oxygens (including phenoxy) is 2. The van der Waals surface area contributed by atoms with E-state index >= 15 is 0 Å². The maximum Gasteiger partial charge on any atom is 0.330 e. The fourth-order valence-corrected chi connectivity index (χ4v) is 2.19. The first-order valence-corrected chi connectivity index (χ1v) is 8.92. The summed E-state index contributed by atoms with van der Waals surface area (Å²) >= 11 is 0. The second-order valence-corrected chi connectivity index (χ2v) is 6.47. The van der Waals surface area contributed by atoms with Gasteiger partial charge in [0.05, 0.1) is 13.2 Å². The summed E-state index contributed by atoms with van der Waals surface area (Å²) in [5.74, 6) is -0.246. The molecule has 148 valence electrons. The lowest BCUT2D eigenvalue weighted by Crippen LogP contribution is -2.49. The average Bonchev–Trinajstić information content (AvgIpc) is 2.60. The van der Waals surface area contributed by atoms with Crippen molar-refractivity contribution in [2.45, 2.75) is 46.2 Å². The number of rotatable bonds is 9. The zero-order valence-corrected chi connectivity index (χ0v) is 16.4. The van der Waals surface area contributed by atoms with Gasteiger partial charge in [0.15, 0.2) is 0 Å². The van der Waals surface area contributed by atoms with E-state index in [0.29, 0.717) is 24.3 Å². The van der Waals surface area contributed by atoms with Gasteiger partial charge in [0.2, 0.25) is 0 Å². The summed E-state index contributed by atoms with van der Waals surface area (Å²) < 4.78 is 10.4. The molecule has 0 aliphatic heterocycles. The Balaban J connectivity index is 2.62. The van der Waals surface area contributed by atoms with Crippen LogP contribution in [0.4, 0.5) is 4.79 Å². The second-order valence-electron chi connectivity index (χ2n) is 6.47. The third-order valence-corrected chi connectivity index (χ3v) is 3.44. The van der Waals surface area contributed by atoms with Gasteiger partial charge in [0.25, 0.3) is 5.91 Å². The number of benzene rings is 1. The number of carbonyl (C=O) groups excluding carboxylic acids is 3. The normalized spacial score (nSPS) is 10.4. The van der Waals surface area contributed by atoms with Crippen molar-refractivity contribution < 1.29 is 23.9 Å². The molecule has 7 heteroatoms. The van der Waals surface area contributed by atoms with Crippen molar-refractivity contribution in [3.8, 4) is 5.75 Å². The molecule has 1 N–H and O–H groups in total. The van der Waals surface area contributed by atoms with Crippen LogP contribution in [0.5, 0.6) is 5.75 Å². The molecule has 0 atom stereocenters. The fraction of sp³-hybridized carbons (Fsp3) is 0.450. The third-order valence-electron chi connectivity index (χ3n) is 3.44. The summed E-state index contributed by atoms with van der Waals surface area (Å²) in [6.45, 7) is 11.2. The van der Waals surface area contributed by atoms with Crippen molar-refractivity contribution in [2.75, 3.05) is 13.2 Å². The molecule has 0 aliphatic rings. The number of hydrogen-bond acceptors (Lipinski definition) is 5. The molecule has 0 bridgehead atoms. The first-order chi connectivity index (χ1) is 12.8. The van der Waals surface area contributed by atoms with Crippen molar-refractivity contribution in [3.63, 3.8) is 0 Å². The maximum absolute atomic E-state index is 12.7. The Labute approximate surface area is 160 Å². The molecule has 0 radical (unpaired) electrons. The van der Waals surface area contributed by atoms with E-state index in [9.17, 15) is 14.4 Å². The summed E-state index contributed by atoms with van der Waals surface area (Å²) in [6.07, 6.45) is 1.65. The van der Waals surface area contributed by atoms with Gasteiger partial charge in [-0.05, 0) is 52.0 Å². The minimum atomic E-state index is -0.464. The SMILES string of the molecule is C=CC(=O)OCCCOc1ccc(C(=O)N(C(=O)NC(C)C)C(C)C)cc1. The van der Waals surface area contributed by atoms with Gasteiger partial charge < -0.3 is 14.8 Å². The van der Waals surface area contributed by atoms with Crippen LogP contribution in [-0.2, 0) is 9.53 Å². The summed E-state index contributed by atoms with van der Waals surface area (Å²) in [5, 5.41) is 2.74. The number of nitrogens with zero attached hydrogens (tertiary/aromatic N) is 1. The van der Waals surface area contributed by atoms with Crippen LogP contribution in [0.2, 0.25) is 0 Å². The summed E-state index contributed by atoms with van der Waals surface area (Å²) in [7, 11) is 0. The lowest BCUT2D eigenvalue weighted by atomic mass is 10.1. The van der Waals surface area contributed by atoms with E-state index in [1.165, 1.54) is 4.90 Å². The largest absolute Gasteiger partial charge is 0.493 e. The Morgan fingerprint density at radius 2 is 1.74 bits per heavy atom. The Morgan fingerprint density at radius 1 is 1.11 bits per heavy atom. The van der Waals surface area contributed by atoms with E-state index in [0.717, 1.165) is 6.08 Å². The van der Waals surface area contributed by atoms with E-state index in [-0.39, 0.29) is 24.6 Å². The van der Waals surface area contributed by atoms with E-state index in [1.54, 1.807) is 38.1 Å². The monoisotopic (exact) mass is 376 g/mol. The number of amides is 3. The lowest BCUT2D eigenvalue weighted by molar-refractivity contribution is -0.137. The minimum absolute atomic E-state index is 0.0620. The van der Waals surface area contributed by atoms with Gasteiger partial charge in [-0.2, -0.15) is 0 Å². The second kappa shape index (κ2) is 11.0. The van der Waals surface area contributed by atoms with Gasteiger partial charge in [0, 0.05) is 30.1 Å². The van der Waals surface area contributed by atoms with Crippen LogP contribution in [0.1, 0.15) is 44.5 Å². The molecule has 1 aromatic rings. The molecule has 0 aliphatic carbocycles. The van der Waals surface area contributed by atoms with Crippen LogP contribution in [0.15, 0.2) is 36.9 Å². The molecule has 0 heterocycles. The van der Waals surface area contributed by atoms with E-state index in [4.69, 9.17) is 9.47 Å². The molecule has 0 saturated carbocycles. The van der Waals surface area contributed by atoms with Gasteiger partial charge in [0.1, 0.15) is 5.75 Å². The molecule has 0 fully saturated rings. The topological polar surface area (TPSA) is 84.9 Å². The van der Waals surface area contributed by atoms with Crippen molar-refractivity contribution in [3.05, 3.63) is 42.5 Å². The standard InChI is InChI=1S/C20H28N2O5/c1-6-18(23)27-13-7-12-26-17-10-8-16(9-11-17)19(24)22(15(4)5)20(25)21-14(2)3/h6,8-11,14-15H,1,7,12-13H2,2-5H3,(H,21,25). The van der Waals surface area contributed by atoms with Gasteiger partial charge in [-0.15, -0.1) is 0 Å². The van der Waals surface area contributed by atoms with E-state index < -0.39 is 12.0 Å². The Kier molecular flexibility index (Phi) is 9.05. The average molecular weight is 376 g/mol. The van der Waals surface area contributed by atoms with Crippen LogP contribution in [0.3, 0.4) is 0 Å². The highest BCUT2D eigenvalue weighted by Crippen LogP contribution is 2.15. The molecule has 0 unspecified atom stereocenters. The summed E-state index contributed by atoms with van der Waals surface area (Å²) in [4.78, 5) is 37.1. The third kappa shape index (κ3) is 7.52. The highest BCUT2D eigenvalue weighted by Gasteiger charge is 2.25. The fourth-order valence-electron chi connectivity index (χ4n) is 2.19. The zero-order chi connectivity index (χ0) is 20.4. The number of carbonyl (C=O) groups is 3. The van der Waals surface area contributed by atoms with Gasteiger partial charge in [-0.3, -0.25) is 9.69 Å². The summed E-state index contributed by atoms with van der Waals surface area (Å²) in [5.41, 5.74) is 0.398. The molecule has 7 nitrogen and oxygen atoms in total. The molecule has 1 rings (SSSR count). The lowest BCUT2D eigenvalue weighted by Gasteiger charge is -2.26. The van der Waals surface area contributed by atoms with Gasteiger partial charge >= 0.3 is 12.0 Å². The summed E-state index contributed by atoms with van der Waals surface area (Å²) in [6, 6.07) is 5.82. The smallest absolute Gasteiger partial charge is 0.330 e. The van der Waals surface area contributed by atoms with E-state index in [2.05, 4.69) is 11.9 Å². The van der Waals surface area contributed by atoms with Gasteiger partial charge in [-0.1, -0.05) is 6.58 Å². The van der Waals surface area contributed by atoms with Crippen LogP contribution in [-0.4, -0.2) is 48.1 Å². The van der Waals surface area contributed by atoms with Gasteiger partial charge in [-0.25, -0.2) is 9.59 Å². The number of imide groups is 1. The van der Waals surface area contributed by atoms with Crippen molar-refractivity contribution in [2.24, 2.45) is 0 Å². The minimum Gasteiger partial charge on any atom is -0.493 e. The predicted octanol–water partition coefficient (Wildman–Crippen LogP) is 3.15. The molecular weight excluding hydrogens is 348 g/mol. The van der Waals surface area contributed by atoms with Crippen molar-refractivity contribution >= 4 is 17.9 Å². The first kappa shape index (κ1) is 22.2. The van der Waals surface area contributed by atoms with Crippen molar-refractivity contribution in [1.29, 1.82) is 0 Å². The number of nitrogens with one attached hydrogen (secondary N) is 1. The molecule has 3 amide bonds. The molecule has 27 heavy (non-hydrogen) atoms.